The monoisotopic (exact) mass is 324 g/mol. The van der Waals surface area contributed by atoms with Crippen LogP contribution in [-0.2, 0) is 30.6 Å². The van der Waals surface area contributed by atoms with Gasteiger partial charge in [-0.3, -0.25) is 4.79 Å². The first-order valence-electron chi connectivity index (χ1n) is 8.70. The second kappa shape index (κ2) is 7.95. The van der Waals surface area contributed by atoms with Gasteiger partial charge in [-0.25, -0.2) is 4.98 Å². The molecule has 0 radical (unpaired) electrons. The third-order valence-corrected chi connectivity index (χ3v) is 4.38. The van der Waals surface area contributed by atoms with Gasteiger partial charge in [0.15, 0.2) is 0 Å². The molecule has 1 heterocycles. The minimum atomic E-state index is 0.0251. The fourth-order valence-electron chi connectivity index (χ4n) is 3.16. The van der Waals surface area contributed by atoms with Gasteiger partial charge in [0.05, 0.1) is 13.0 Å². The van der Waals surface area contributed by atoms with E-state index in [9.17, 15) is 4.79 Å². The minimum absolute atomic E-state index is 0.0251. The first-order valence-corrected chi connectivity index (χ1v) is 8.70. The topological polar surface area (TPSA) is 51.2 Å². The molecule has 1 amide bonds. The van der Waals surface area contributed by atoms with Crippen LogP contribution in [0.15, 0.2) is 36.5 Å². The van der Waals surface area contributed by atoms with Crippen LogP contribution in [0.2, 0.25) is 0 Å². The van der Waals surface area contributed by atoms with Crippen molar-refractivity contribution in [3.05, 3.63) is 58.8 Å². The van der Waals surface area contributed by atoms with E-state index < -0.39 is 0 Å². The van der Waals surface area contributed by atoms with Gasteiger partial charge in [0.25, 0.3) is 0 Å². The first-order chi connectivity index (χ1) is 11.8. The number of nitrogens with one attached hydrogen (secondary N) is 1. The summed E-state index contributed by atoms with van der Waals surface area (Å²) in [5.41, 5.74) is 4.85. The normalized spacial score (nSPS) is 13.2. The number of pyridine rings is 1. The highest BCUT2D eigenvalue weighted by Crippen LogP contribution is 2.22. The van der Waals surface area contributed by atoms with Crippen LogP contribution in [-0.4, -0.2) is 17.5 Å². The summed E-state index contributed by atoms with van der Waals surface area (Å²) >= 11 is 0. The van der Waals surface area contributed by atoms with Crippen molar-refractivity contribution in [3.63, 3.8) is 0 Å². The standard InChI is InChI=1S/C20H24N2O2/c1-2-24-20-18(8-5-11-21-20)14-22-19(23)13-15-9-10-16-6-3-4-7-17(16)12-15/h5,8-12H,2-4,6-7,13-14H2,1H3,(H,22,23). The van der Waals surface area contributed by atoms with Crippen molar-refractivity contribution in [1.29, 1.82) is 0 Å². The number of aromatic nitrogens is 1. The van der Waals surface area contributed by atoms with Gasteiger partial charge in [-0.1, -0.05) is 24.3 Å². The molecule has 0 saturated carbocycles. The Morgan fingerprint density at radius 3 is 2.88 bits per heavy atom. The summed E-state index contributed by atoms with van der Waals surface area (Å²) in [7, 11) is 0. The number of carbonyl (C=O) groups excluding carboxylic acids is 1. The molecular weight excluding hydrogens is 300 g/mol. The van der Waals surface area contributed by atoms with Gasteiger partial charge in [0.2, 0.25) is 11.8 Å². The summed E-state index contributed by atoms with van der Waals surface area (Å²) in [4.78, 5) is 16.5. The summed E-state index contributed by atoms with van der Waals surface area (Å²) in [6.07, 6.45) is 6.95. The highest BCUT2D eigenvalue weighted by Gasteiger charge is 2.12. The Morgan fingerprint density at radius 2 is 2.04 bits per heavy atom. The Balaban J connectivity index is 1.58. The van der Waals surface area contributed by atoms with E-state index in [4.69, 9.17) is 4.74 Å². The zero-order valence-corrected chi connectivity index (χ0v) is 14.2. The summed E-state index contributed by atoms with van der Waals surface area (Å²) in [5, 5.41) is 2.97. The molecule has 24 heavy (non-hydrogen) atoms. The van der Waals surface area contributed by atoms with E-state index in [0.717, 1.165) is 17.5 Å². The Labute approximate surface area is 143 Å². The molecule has 1 aromatic heterocycles. The fourth-order valence-corrected chi connectivity index (χ4v) is 3.16. The lowest BCUT2D eigenvalue weighted by atomic mass is 9.90. The number of hydrogen-bond donors (Lipinski definition) is 1. The lowest BCUT2D eigenvalue weighted by Gasteiger charge is -2.16. The van der Waals surface area contributed by atoms with Crippen LogP contribution in [0.5, 0.6) is 5.88 Å². The van der Waals surface area contributed by atoms with Crippen LogP contribution in [0.25, 0.3) is 0 Å². The van der Waals surface area contributed by atoms with Crippen molar-refractivity contribution >= 4 is 5.91 Å². The molecule has 0 aliphatic heterocycles. The maximum absolute atomic E-state index is 12.3. The summed E-state index contributed by atoms with van der Waals surface area (Å²) in [5.74, 6) is 0.617. The minimum Gasteiger partial charge on any atom is -0.478 e. The second-order valence-corrected chi connectivity index (χ2v) is 6.16. The molecule has 4 heteroatoms. The van der Waals surface area contributed by atoms with E-state index in [2.05, 4.69) is 28.5 Å². The van der Waals surface area contributed by atoms with Crippen molar-refractivity contribution in [1.82, 2.24) is 10.3 Å². The lowest BCUT2D eigenvalue weighted by Crippen LogP contribution is -2.25. The molecule has 0 fully saturated rings. The Kier molecular flexibility index (Phi) is 5.47. The third kappa shape index (κ3) is 4.13. The predicted molar refractivity (Wildman–Crippen MR) is 94.0 cm³/mol. The average molecular weight is 324 g/mol. The molecule has 0 spiro atoms. The third-order valence-electron chi connectivity index (χ3n) is 4.38. The number of ether oxygens (including phenoxy) is 1. The quantitative estimate of drug-likeness (QED) is 0.887. The molecule has 1 aromatic carbocycles. The van der Waals surface area contributed by atoms with Crippen molar-refractivity contribution in [2.24, 2.45) is 0 Å². The number of hydrogen-bond acceptors (Lipinski definition) is 3. The Bertz CT molecular complexity index is 713. The number of amides is 1. The maximum atomic E-state index is 12.3. The number of carbonyl (C=O) groups is 1. The first kappa shape index (κ1) is 16.5. The average Bonchev–Trinajstić information content (AvgIpc) is 2.61. The maximum Gasteiger partial charge on any atom is 0.224 e. The van der Waals surface area contributed by atoms with E-state index in [1.54, 1.807) is 6.20 Å². The molecule has 2 aromatic rings. The lowest BCUT2D eigenvalue weighted by molar-refractivity contribution is -0.120. The van der Waals surface area contributed by atoms with Crippen LogP contribution in [0.4, 0.5) is 0 Å². The van der Waals surface area contributed by atoms with Gasteiger partial charge in [-0.15, -0.1) is 0 Å². The summed E-state index contributed by atoms with van der Waals surface area (Å²) in [6, 6.07) is 10.2. The van der Waals surface area contributed by atoms with E-state index in [1.165, 1.54) is 30.4 Å². The predicted octanol–water partition coefficient (Wildman–Crippen LogP) is 3.22. The molecular formula is C20H24N2O2. The molecule has 1 aliphatic carbocycles. The fraction of sp³-hybridized carbons (Fsp3) is 0.400. The van der Waals surface area contributed by atoms with Crippen LogP contribution in [0.1, 0.15) is 42.0 Å². The molecule has 0 atom stereocenters. The van der Waals surface area contributed by atoms with Crippen molar-refractivity contribution in [2.75, 3.05) is 6.61 Å². The molecule has 0 unspecified atom stereocenters. The van der Waals surface area contributed by atoms with Crippen molar-refractivity contribution < 1.29 is 9.53 Å². The Morgan fingerprint density at radius 1 is 1.21 bits per heavy atom. The smallest absolute Gasteiger partial charge is 0.224 e. The van der Waals surface area contributed by atoms with Gasteiger partial charge >= 0.3 is 0 Å². The summed E-state index contributed by atoms with van der Waals surface area (Å²) in [6.45, 7) is 2.92. The van der Waals surface area contributed by atoms with Gasteiger partial charge in [-0.05, 0) is 55.4 Å². The highest BCUT2D eigenvalue weighted by atomic mass is 16.5. The Hall–Kier alpha value is -2.36. The molecule has 1 N–H and O–H groups in total. The molecule has 4 nitrogen and oxygen atoms in total. The van der Waals surface area contributed by atoms with Gasteiger partial charge in [-0.2, -0.15) is 0 Å². The second-order valence-electron chi connectivity index (χ2n) is 6.16. The number of benzene rings is 1. The number of rotatable bonds is 6. The van der Waals surface area contributed by atoms with Crippen LogP contribution in [0.3, 0.4) is 0 Å². The van der Waals surface area contributed by atoms with Crippen LogP contribution >= 0.6 is 0 Å². The highest BCUT2D eigenvalue weighted by molar-refractivity contribution is 5.78. The van der Waals surface area contributed by atoms with E-state index in [0.29, 0.717) is 25.5 Å². The largest absolute Gasteiger partial charge is 0.478 e. The van der Waals surface area contributed by atoms with E-state index in [-0.39, 0.29) is 5.91 Å². The number of aryl methyl sites for hydroxylation is 2. The summed E-state index contributed by atoms with van der Waals surface area (Å²) < 4.78 is 5.49. The molecule has 1 aliphatic rings. The SMILES string of the molecule is CCOc1ncccc1CNC(=O)Cc1ccc2c(c1)CCCC2. The van der Waals surface area contributed by atoms with E-state index >= 15 is 0 Å². The van der Waals surface area contributed by atoms with Crippen molar-refractivity contribution in [3.8, 4) is 5.88 Å². The van der Waals surface area contributed by atoms with Crippen molar-refractivity contribution in [2.45, 2.75) is 45.6 Å². The molecule has 126 valence electrons. The molecule has 0 saturated heterocycles. The van der Waals surface area contributed by atoms with Gasteiger partial charge in [0, 0.05) is 18.3 Å². The van der Waals surface area contributed by atoms with Gasteiger partial charge < -0.3 is 10.1 Å². The van der Waals surface area contributed by atoms with Gasteiger partial charge in [0.1, 0.15) is 0 Å². The van der Waals surface area contributed by atoms with E-state index in [1.807, 2.05) is 19.1 Å². The van der Waals surface area contributed by atoms with Crippen LogP contribution in [0, 0.1) is 0 Å². The zero-order valence-electron chi connectivity index (χ0n) is 14.2. The zero-order chi connectivity index (χ0) is 16.8. The molecule has 3 rings (SSSR count). The molecule has 0 bridgehead atoms. The van der Waals surface area contributed by atoms with Crippen LogP contribution < -0.4 is 10.1 Å². The number of nitrogens with zero attached hydrogens (tertiary/aromatic N) is 1. The number of fused-ring (bicyclic) bond motifs is 1.